The molecule has 1 rings (SSSR count). The Labute approximate surface area is 131 Å². The first-order valence-electron chi connectivity index (χ1n) is 7.19. The summed E-state index contributed by atoms with van der Waals surface area (Å²) < 4.78 is 0.889. The maximum atomic E-state index is 12.2. The number of Topliss-reactive ketones (excluding diaryl/α,β-unsaturated/α-hetero) is 1. The van der Waals surface area contributed by atoms with E-state index in [2.05, 4.69) is 46.7 Å². The fourth-order valence-corrected chi connectivity index (χ4v) is 2.63. The van der Waals surface area contributed by atoms with Crippen molar-refractivity contribution in [3.8, 4) is 0 Å². The monoisotopic (exact) mass is 340 g/mol. The van der Waals surface area contributed by atoms with E-state index >= 15 is 0 Å². The number of ketones is 1. The summed E-state index contributed by atoms with van der Waals surface area (Å²) in [5.74, 6) is 0.212. The van der Waals surface area contributed by atoms with Crippen molar-refractivity contribution < 1.29 is 4.79 Å². The molecule has 0 heterocycles. The van der Waals surface area contributed by atoms with Crippen molar-refractivity contribution in [2.45, 2.75) is 19.8 Å². The number of rotatable bonds is 9. The van der Waals surface area contributed by atoms with Crippen molar-refractivity contribution in [3.63, 3.8) is 0 Å². The second-order valence-corrected chi connectivity index (χ2v) is 6.10. The summed E-state index contributed by atoms with van der Waals surface area (Å²) in [6, 6.07) is 7.64. The average Bonchev–Trinajstić information content (AvgIpc) is 2.42. The van der Waals surface area contributed by atoms with Crippen LogP contribution in [0.15, 0.2) is 28.7 Å². The molecule has 112 valence electrons. The Kier molecular flexibility index (Phi) is 8.04. The SMILES string of the molecule is CCN(CCCN(C)C)CCC(=O)c1ccccc1Br. The number of hydrogen-bond donors (Lipinski definition) is 0. The van der Waals surface area contributed by atoms with Gasteiger partial charge in [-0.25, -0.2) is 0 Å². The Hall–Kier alpha value is -0.710. The quantitative estimate of drug-likeness (QED) is 0.644. The zero-order valence-corrected chi connectivity index (χ0v) is 14.3. The number of hydrogen-bond acceptors (Lipinski definition) is 3. The molecule has 1 aromatic rings. The number of halogens is 1. The van der Waals surface area contributed by atoms with E-state index in [1.807, 2.05) is 24.3 Å². The minimum atomic E-state index is 0.212. The van der Waals surface area contributed by atoms with Crippen LogP contribution in [0, 0.1) is 0 Å². The van der Waals surface area contributed by atoms with Gasteiger partial charge in [-0.2, -0.15) is 0 Å². The van der Waals surface area contributed by atoms with Crippen LogP contribution in [-0.4, -0.2) is 55.9 Å². The molecule has 0 saturated heterocycles. The average molecular weight is 341 g/mol. The fraction of sp³-hybridized carbons (Fsp3) is 0.562. The molecule has 3 nitrogen and oxygen atoms in total. The van der Waals surface area contributed by atoms with Crippen LogP contribution in [0.5, 0.6) is 0 Å². The van der Waals surface area contributed by atoms with Gasteiger partial charge in [0, 0.05) is 23.0 Å². The number of carbonyl (C=O) groups excluding carboxylic acids is 1. The number of benzene rings is 1. The largest absolute Gasteiger partial charge is 0.309 e. The summed E-state index contributed by atoms with van der Waals surface area (Å²) in [5.41, 5.74) is 0.789. The van der Waals surface area contributed by atoms with E-state index in [0.29, 0.717) is 6.42 Å². The molecule has 0 atom stereocenters. The maximum Gasteiger partial charge on any atom is 0.165 e. The van der Waals surface area contributed by atoms with Crippen molar-refractivity contribution in [2.24, 2.45) is 0 Å². The Morgan fingerprint density at radius 3 is 2.45 bits per heavy atom. The molecule has 0 N–H and O–H groups in total. The third-order valence-electron chi connectivity index (χ3n) is 3.36. The Balaban J connectivity index is 2.40. The first kappa shape index (κ1) is 17.3. The third kappa shape index (κ3) is 6.16. The van der Waals surface area contributed by atoms with Crippen molar-refractivity contribution in [3.05, 3.63) is 34.3 Å². The van der Waals surface area contributed by atoms with Crippen LogP contribution in [0.2, 0.25) is 0 Å². The Morgan fingerprint density at radius 2 is 1.85 bits per heavy atom. The van der Waals surface area contributed by atoms with Crippen molar-refractivity contribution in [1.82, 2.24) is 9.80 Å². The minimum Gasteiger partial charge on any atom is -0.309 e. The summed E-state index contributed by atoms with van der Waals surface area (Å²) in [6.45, 7) is 6.13. The van der Waals surface area contributed by atoms with Gasteiger partial charge >= 0.3 is 0 Å². The van der Waals surface area contributed by atoms with Gasteiger partial charge in [-0.3, -0.25) is 4.79 Å². The van der Waals surface area contributed by atoms with E-state index < -0.39 is 0 Å². The molecule has 20 heavy (non-hydrogen) atoms. The fourth-order valence-electron chi connectivity index (χ4n) is 2.12. The summed E-state index contributed by atoms with van der Waals surface area (Å²) in [4.78, 5) is 16.7. The van der Waals surface area contributed by atoms with Gasteiger partial charge in [-0.05, 0) is 46.2 Å². The van der Waals surface area contributed by atoms with E-state index in [-0.39, 0.29) is 5.78 Å². The van der Waals surface area contributed by atoms with Crippen LogP contribution in [0.25, 0.3) is 0 Å². The molecule has 0 bridgehead atoms. The molecule has 0 amide bonds. The lowest BCUT2D eigenvalue weighted by atomic mass is 10.1. The van der Waals surface area contributed by atoms with Crippen LogP contribution in [0.4, 0.5) is 0 Å². The van der Waals surface area contributed by atoms with E-state index in [0.717, 1.165) is 42.6 Å². The van der Waals surface area contributed by atoms with Gasteiger partial charge in [0.25, 0.3) is 0 Å². The molecule has 1 aromatic carbocycles. The van der Waals surface area contributed by atoms with Gasteiger partial charge in [0.05, 0.1) is 0 Å². The summed E-state index contributed by atoms with van der Waals surface area (Å²) >= 11 is 3.44. The summed E-state index contributed by atoms with van der Waals surface area (Å²) in [5, 5.41) is 0. The van der Waals surface area contributed by atoms with Gasteiger partial charge in [-0.15, -0.1) is 0 Å². The molecule has 4 heteroatoms. The molecular weight excluding hydrogens is 316 g/mol. The highest BCUT2D eigenvalue weighted by Crippen LogP contribution is 2.17. The standard InChI is InChI=1S/C16H25BrN2O/c1-4-19(12-7-11-18(2)3)13-10-16(20)14-8-5-6-9-15(14)17/h5-6,8-9H,4,7,10-13H2,1-3H3. The molecule has 0 aliphatic rings. The zero-order chi connectivity index (χ0) is 15.0. The van der Waals surface area contributed by atoms with Gasteiger partial charge < -0.3 is 9.80 Å². The van der Waals surface area contributed by atoms with Gasteiger partial charge in [0.2, 0.25) is 0 Å². The van der Waals surface area contributed by atoms with E-state index in [1.54, 1.807) is 0 Å². The Bertz CT molecular complexity index is 421. The normalized spacial score (nSPS) is 11.3. The van der Waals surface area contributed by atoms with Crippen LogP contribution in [0.1, 0.15) is 30.1 Å². The molecule has 0 aliphatic carbocycles. The predicted octanol–water partition coefficient (Wildman–Crippen LogP) is 3.30. The number of nitrogens with zero attached hydrogens (tertiary/aromatic N) is 2. The highest BCUT2D eigenvalue weighted by atomic mass is 79.9. The number of carbonyl (C=O) groups is 1. The van der Waals surface area contributed by atoms with Crippen molar-refractivity contribution in [2.75, 3.05) is 40.3 Å². The highest BCUT2D eigenvalue weighted by molar-refractivity contribution is 9.10. The predicted molar refractivity (Wildman–Crippen MR) is 88.4 cm³/mol. The maximum absolute atomic E-state index is 12.2. The third-order valence-corrected chi connectivity index (χ3v) is 4.05. The van der Waals surface area contributed by atoms with Crippen LogP contribution in [-0.2, 0) is 0 Å². The van der Waals surface area contributed by atoms with E-state index in [9.17, 15) is 4.79 Å². The molecule has 0 saturated carbocycles. The smallest absolute Gasteiger partial charge is 0.165 e. The first-order valence-corrected chi connectivity index (χ1v) is 7.98. The summed E-state index contributed by atoms with van der Waals surface area (Å²) in [7, 11) is 4.18. The highest BCUT2D eigenvalue weighted by Gasteiger charge is 2.11. The second kappa shape index (κ2) is 9.27. The lowest BCUT2D eigenvalue weighted by molar-refractivity contribution is 0.0963. The molecule has 0 unspecified atom stereocenters. The van der Waals surface area contributed by atoms with Crippen molar-refractivity contribution in [1.29, 1.82) is 0 Å². The van der Waals surface area contributed by atoms with Crippen LogP contribution in [0.3, 0.4) is 0 Å². The molecule has 0 aromatic heterocycles. The van der Waals surface area contributed by atoms with Gasteiger partial charge in [0.1, 0.15) is 0 Å². The Morgan fingerprint density at radius 1 is 1.15 bits per heavy atom. The zero-order valence-electron chi connectivity index (χ0n) is 12.7. The van der Waals surface area contributed by atoms with E-state index in [1.165, 1.54) is 0 Å². The molecule has 0 radical (unpaired) electrons. The van der Waals surface area contributed by atoms with Gasteiger partial charge in [0.15, 0.2) is 5.78 Å². The first-order chi connectivity index (χ1) is 9.54. The molecule has 0 aliphatic heterocycles. The minimum absolute atomic E-state index is 0.212. The van der Waals surface area contributed by atoms with Crippen molar-refractivity contribution >= 4 is 21.7 Å². The van der Waals surface area contributed by atoms with E-state index in [4.69, 9.17) is 0 Å². The lowest BCUT2D eigenvalue weighted by Crippen LogP contribution is -2.29. The molecule has 0 spiro atoms. The topological polar surface area (TPSA) is 23.6 Å². The lowest BCUT2D eigenvalue weighted by Gasteiger charge is -2.21. The van der Waals surface area contributed by atoms with Gasteiger partial charge in [-0.1, -0.05) is 41.1 Å². The van der Waals surface area contributed by atoms with Crippen LogP contribution < -0.4 is 0 Å². The second-order valence-electron chi connectivity index (χ2n) is 5.24. The molecule has 0 fully saturated rings. The van der Waals surface area contributed by atoms with Crippen LogP contribution >= 0.6 is 15.9 Å². The summed E-state index contributed by atoms with van der Waals surface area (Å²) in [6.07, 6.45) is 1.72. The molecular formula is C16H25BrN2O.